The minimum atomic E-state index is 0.398. The van der Waals surface area contributed by atoms with Gasteiger partial charge in [-0.25, -0.2) is 4.98 Å². The maximum Gasteiger partial charge on any atom is 0.156 e. The summed E-state index contributed by atoms with van der Waals surface area (Å²) in [5, 5.41) is 7.57. The molecule has 2 aromatic rings. The van der Waals surface area contributed by atoms with Crippen LogP contribution >= 0.6 is 0 Å². The quantitative estimate of drug-likeness (QED) is 0.921. The van der Waals surface area contributed by atoms with Crippen LogP contribution in [0.4, 0.5) is 0 Å². The average Bonchev–Trinajstić information content (AvgIpc) is 2.99. The summed E-state index contributed by atoms with van der Waals surface area (Å²) in [5.41, 5.74) is 2.15. The Labute approximate surface area is 113 Å². The summed E-state index contributed by atoms with van der Waals surface area (Å²) in [5.74, 6) is 0.876. The summed E-state index contributed by atoms with van der Waals surface area (Å²) in [6, 6.07) is 2.95. The van der Waals surface area contributed by atoms with Gasteiger partial charge in [0.2, 0.25) is 0 Å². The van der Waals surface area contributed by atoms with Crippen molar-refractivity contribution in [3.8, 4) is 0 Å². The van der Waals surface area contributed by atoms with Gasteiger partial charge in [0, 0.05) is 24.3 Å². The molecule has 5 heteroatoms. The van der Waals surface area contributed by atoms with Crippen LogP contribution < -0.4 is 5.32 Å². The van der Waals surface area contributed by atoms with Crippen LogP contribution in [0.3, 0.4) is 0 Å². The van der Waals surface area contributed by atoms with Gasteiger partial charge in [0.05, 0.1) is 24.3 Å². The largest absolute Gasteiger partial charge is 0.359 e. The molecular weight excluding hydrogens is 240 g/mol. The number of hydrogen-bond donors (Lipinski definition) is 1. The van der Waals surface area contributed by atoms with Crippen molar-refractivity contribution in [3.63, 3.8) is 0 Å². The van der Waals surface area contributed by atoms with Crippen LogP contribution in [-0.4, -0.2) is 20.7 Å². The molecule has 0 aliphatic carbocycles. The minimum absolute atomic E-state index is 0.398. The van der Waals surface area contributed by atoms with Crippen LogP contribution in [0, 0.1) is 6.92 Å². The van der Waals surface area contributed by atoms with Crippen LogP contribution in [-0.2, 0) is 6.54 Å². The molecule has 0 radical (unpaired) electrons. The number of nitrogens with zero attached hydrogens (tertiary/aromatic N) is 3. The molecule has 1 aliphatic rings. The Kier molecular flexibility index (Phi) is 3.38. The van der Waals surface area contributed by atoms with Crippen molar-refractivity contribution in [2.45, 2.75) is 51.7 Å². The molecule has 102 valence electrons. The van der Waals surface area contributed by atoms with E-state index in [1.165, 1.54) is 25.0 Å². The third-order valence-corrected chi connectivity index (χ3v) is 3.72. The molecule has 3 rings (SSSR count). The molecular formula is C14H20N4O. The fraction of sp³-hybridized carbons (Fsp3) is 0.571. The van der Waals surface area contributed by atoms with E-state index >= 15 is 0 Å². The summed E-state index contributed by atoms with van der Waals surface area (Å²) >= 11 is 0. The number of hydrogen-bond acceptors (Lipinski definition) is 4. The van der Waals surface area contributed by atoms with Gasteiger partial charge in [0.15, 0.2) is 5.76 Å². The van der Waals surface area contributed by atoms with Crippen molar-refractivity contribution >= 4 is 0 Å². The highest BCUT2D eigenvalue weighted by Gasteiger charge is 2.22. The summed E-state index contributed by atoms with van der Waals surface area (Å²) in [6.45, 7) is 4.88. The van der Waals surface area contributed by atoms with Crippen LogP contribution in [0.15, 0.2) is 23.1 Å². The highest BCUT2D eigenvalue weighted by molar-refractivity contribution is 5.11. The van der Waals surface area contributed by atoms with Crippen LogP contribution in [0.2, 0.25) is 0 Å². The normalized spacial score (nSPS) is 23.7. The topological polar surface area (TPSA) is 55.9 Å². The Morgan fingerprint density at radius 3 is 3.11 bits per heavy atom. The molecule has 0 spiro atoms. The van der Waals surface area contributed by atoms with E-state index in [0.717, 1.165) is 11.5 Å². The molecule has 1 N–H and O–H groups in total. The summed E-state index contributed by atoms with van der Waals surface area (Å²) in [6.07, 6.45) is 7.52. The maximum atomic E-state index is 5.28. The molecule has 1 saturated heterocycles. The molecule has 5 nitrogen and oxygen atoms in total. The van der Waals surface area contributed by atoms with Gasteiger partial charge in [0.1, 0.15) is 0 Å². The predicted octanol–water partition coefficient (Wildman–Crippen LogP) is 2.43. The highest BCUT2D eigenvalue weighted by Crippen LogP contribution is 2.25. The molecule has 2 atom stereocenters. The van der Waals surface area contributed by atoms with Crippen molar-refractivity contribution < 1.29 is 4.52 Å². The number of aromatic nitrogens is 3. The predicted molar refractivity (Wildman–Crippen MR) is 71.8 cm³/mol. The molecule has 0 bridgehead atoms. The second-order valence-corrected chi connectivity index (χ2v) is 5.43. The fourth-order valence-electron chi connectivity index (χ4n) is 2.78. The second-order valence-electron chi connectivity index (χ2n) is 5.43. The van der Waals surface area contributed by atoms with E-state index in [1.54, 1.807) is 0 Å². The van der Waals surface area contributed by atoms with Gasteiger partial charge in [-0.2, -0.15) is 0 Å². The molecule has 0 aromatic carbocycles. The van der Waals surface area contributed by atoms with Gasteiger partial charge in [-0.05, 0) is 33.1 Å². The zero-order valence-electron chi connectivity index (χ0n) is 11.5. The van der Waals surface area contributed by atoms with Gasteiger partial charge in [0.25, 0.3) is 0 Å². The monoisotopic (exact) mass is 260 g/mol. The molecule has 0 amide bonds. The highest BCUT2D eigenvalue weighted by atomic mass is 16.5. The first kappa shape index (κ1) is 12.4. The Morgan fingerprint density at radius 1 is 1.47 bits per heavy atom. The lowest BCUT2D eigenvalue weighted by Gasteiger charge is -2.29. The van der Waals surface area contributed by atoms with E-state index in [4.69, 9.17) is 4.52 Å². The van der Waals surface area contributed by atoms with E-state index in [9.17, 15) is 0 Å². The lowest BCUT2D eigenvalue weighted by atomic mass is 9.97. The lowest BCUT2D eigenvalue weighted by molar-refractivity contribution is 0.325. The summed E-state index contributed by atoms with van der Waals surface area (Å²) in [4.78, 5) is 4.29. The SMILES string of the molecule is Cc1cc(Cn2cncc2C2CCCC(C)N2)on1. The molecule has 1 fully saturated rings. The Morgan fingerprint density at radius 2 is 2.37 bits per heavy atom. The van der Waals surface area contributed by atoms with E-state index in [1.807, 2.05) is 25.5 Å². The van der Waals surface area contributed by atoms with Crippen molar-refractivity contribution in [1.29, 1.82) is 0 Å². The Bertz CT molecular complexity index is 545. The first-order valence-electron chi connectivity index (χ1n) is 6.90. The molecule has 3 heterocycles. The third kappa shape index (κ3) is 2.71. The average molecular weight is 260 g/mol. The molecule has 19 heavy (non-hydrogen) atoms. The van der Waals surface area contributed by atoms with E-state index in [2.05, 4.69) is 26.9 Å². The standard InChI is InChI=1S/C14H20N4O/c1-10-4-3-5-13(16-10)14-7-15-9-18(14)8-12-6-11(2)17-19-12/h6-7,9-10,13,16H,3-5,8H2,1-2H3. The fourth-order valence-corrected chi connectivity index (χ4v) is 2.78. The number of aryl methyl sites for hydroxylation is 1. The van der Waals surface area contributed by atoms with Crippen molar-refractivity contribution in [1.82, 2.24) is 20.0 Å². The second kappa shape index (κ2) is 5.17. The summed E-state index contributed by atoms with van der Waals surface area (Å²) in [7, 11) is 0. The zero-order chi connectivity index (χ0) is 13.2. The van der Waals surface area contributed by atoms with E-state index < -0.39 is 0 Å². The third-order valence-electron chi connectivity index (χ3n) is 3.72. The van der Waals surface area contributed by atoms with Gasteiger partial charge in [-0.3, -0.25) is 0 Å². The zero-order valence-corrected chi connectivity index (χ0v) is 11.5. The van der Waals surface area contributed by atoms with Crippen LogP contribution in [0.25, 0.3) is 0 Å². The number of rotatable bonds is 3. The van der Waals surface area contributed by atoms with Gasteiger partial charge in [-0.1, -0.05) is 5.16 Å². The first-order valence-corrected chi connectivity index (χ1v) is 6.90. The van der Waals surface area contributed by atoms with Crippen molar-refractivity contribution in [3.05, 3.63) is 35.7 Å². The Hall–Kier alpha value is -1.62. The molecule has 1 aliphatic heterocycles. The minimum Gasteiger partial charge on any atom is -0.359 e. The summed E-state index contributed by atoms with van der Waals surface area (Å²) < 4.78 is 7.43. The van der Waals surface area contributed by atoms with E-state index in [-0.39, 0.29) is 0 Å². The first-order chi connectivity index (χ1) is 9.22. The van der Waals surface area contributed by atoms with Crippen LogP contribution in [0.1, 0.15) is 49.4 Å². The smallest absolute Gasteiger partial charge is 0.156 e. The maximum absolute atomic E-state index is 5.28. The van der Waals surface area contributed by atoms with E-state index in [0.29, 0.717) is 18.6 Å². The molecule has 2 unspecified atom stereocenters. The van der Waals surface area contributed by atoms with Gasteiger partial charge < -0.3 is 14.4 Å². The number of nitrogens with one attached hydrogen (secondary N) is 1. The van der Waals surface area contributed by atoms with Crippen molar-refractivity contribution in [2.75, 3.05) is 0 Å². The molecule has 2 aromatic heterocycles. The molecule has 0 saturated carbocycles. The van der Waals surface area contributed by atoms with Gasteiger partial charge in [-0.15, -0.1) is 0 Å². The number of piperidine rings is 1. The number of imidazole rings is 1. The van der Waals surface area contributed by atoms with Crippen molar-refractivity contribution in [2.24, 2.45) is 0 Å². The lowest BCUT2D eigenvalue weighted by Crippen LogP contribution is -2.35. The Balaban J connectivity index is 1.78. The van der Waals surface area contributed by atoms with Crippen LogP contribution in [0.5, 0.6) is 0 Å². The van der Waals surface area contributed by atoms with Gasteiger partial charge >= 0.3 is 0 Å².